The molecule has 104 valence electrons. The molecule has 1 unspecified atom stereocenters. The minimum absolute atomic E-state index is 0.119. The molecule has 1 aliphatic heterocycles. The van der Waals surface area contributed by atoms with Crippen LogP contribution in [-0.2, 0) is 17.8 Å². The molecular formula is C14H22N4O. The lowest BCUT2D eigenvalue weighted by Crippen LogP contribution is -2.51. The number of hydrogen-bond acceptors (Lipinski definition) is 3. The monoisotopic (exact) mass is 262 g/mol. The second-order valence-electron chi connectivity index (χ2n) is 5.89. The molecule has 1 atom stereocenters. The average Bonchev–Trinajstić information content (AvgIpc) is 2.84. The zero-order valence-electron chi connectivity index (χ0n) is 11.5. The number of fused-ring (bicyclic) bond motifs is 1. The van der Waals surface area contributed by atoms with E-state index in [9.17, 15) is 4.79 Å². The van der Waals surface area contributed by atoms with Crippen LogP contribution >= 0.6 is 0 Å². The molecule has 0 spiro atoms. The van der Waals surface area contributed by atoms with Gasteiger partial charge in [0, 0.05) is 19.5 Å². The predicted octanol–water partition coefficient (Wildman–Crippen LogP) is 1.12. The average molecular weight is 262 g/mol. The maximum atomic E-state index is 12.2. The van der Waals surface area contributed by atoms with Gasteiger partial charge < -0.3 is 10.3 Å². The van der Waals surface area contributed by atoms with E-state index in [0.717, 1.165) is 24.4 Å². The van der Waals surface area contributed by atoms with Gasteiger partial charge >= 0.3 is 0 Å². The maximum absolute atomic E-state index is 12.2. The van der Waals surface area contributed by atoms with Gasteiger partial charge in [0.2, 0.25) is 5.91 Å². The minimum Gasteiger partial charge on any atom is -0.354 e. The van der Waals surface area contributed by atoms with Crippen LogP contribution in [0.15, 0.2) is 6.33 Å². The maximum Gasteiger partial charge on any atom is 0.237 e. The predicted molar refractivity (Wildman–Crippen MR) is 72.5 cm³/mol. The summed E-state index contributed by atoms with van der Waals surface area (Å²) in [6.07, 6.45) is 7.37. The molecule has 3 N–H and O–H groups in total. The molecule has 5 heteroatoms. The number of hydrogen-bond donors (Lipinski definition) is 3. The van der Waals surface area contributed by atoms with E-state index in [4.69, 9.17) is 0 Å². The number of aromatic nitrogens is 2. The van der Waals surface area contributed by atoms with Gasteiger partial charge in [0.1, 0.15) is 0 Å². The van der Waals surface area contributed by atoms with E-state index in [2.05, 4.69) is 27.5 Å². The van der Waals surface area contributed by atoms with E-state index in [1.165, 1.54) is 19.3 Å². The first-order valence-corrected chi connectivity index (χ1v) is 7.25. The van der Waals surface area contributed by atoms with Gasteiger partial charge in [0.05, 0.1) is 23.8 Å². The fraction of sp³-hybridized carbons (Fsp3) is 0.714. The van der Waals surface area contributed by atoms with Crippen molar-refractivity contribution < 1.29 is 4.79 Å². The van der Waals surface area contributed by atoms with Crippen LogP contribution in [0.25, 0.3) is 0 Å². The van der Waals surface area contributed by atoms with Crippen molar-refractivity contribution in [2.45, 2.75) is 51.6 Å². The van der Waals surface area contributed by atoms with Crippen molar-refractivity contribution in [1.29, 1.82) is 0 Å². The second-order valence-corrected chi connectivity index (χ2v) is 5.89. The Bertz CT molecular complexity index is 458. The lowest BCUT2D eigenvalue weighted by molar-refractivity contribution is -0.124. The third-order valence-corrected chi connectivity index (χ3v) is 4.85. The molecular weight excluding hydrogens is 240 g/mol. The number of nitrogens with zero attached hydrogens (tertiary/aromatic N) is 1. The summed E-state index contributed by atoms with van der Waals surface area (Å²) >= 11 is 0. The molecule has 1 fully saturated rings. The van der Waals surface area contributed by atoms with Gasteiger partial charge in [-0.25, -0.2) is 4.98 Å². The second kappa shape index (κ2) is 4.96. The van der Waals surface area contributed by atoms with Crippen LogP contribution in [0.3, 0.4) is 0 Å². The zero-order chi connectivity index (χ0) is 13.3. The molecule has 19 heavy (non-hydrogen) atoms. The summed E-state index contributed by atoms with van der Waals surface area (Å²) in [5, 5.41) is 6.40. The Morgan fingerprint density at radius 1 is 1.58 bits per heavy atom. The standard InChI is InChI=1S/C14H22N4O/c1-2-14(4-3-5-14)8-16-13(19)11-6-10-12(7-15-11)18-9-17-10/h9,11,15H,2-8H2,1H3,(H,16,19)(H,17,18). The highest BCUT2D eigenvalue weighted by Crippen LogP contribution is 2.43. The Hall–Kier alpha value is -1.36. The SMILES string of the molecule is CCC1(CNC(=O)C2Cc3nc[nH]c3CN2)CCC1. The summed E-state index contributed by atoms with van der Waals surface area (Å²) in [6, 6.07) is -0.134. The number of imidazole rings is 1. The Balaban J connectivity index is 1.54. The third kappa shape index (κ3) is 2.39. The number of carbonyl (C=O) groups is 1. The van der Waals surface area contributed by atoms with Crippen molar-refractivity contribution in [3.05, 3.63) is 17.7 Å². The van der Waals surface area contributed by atoms with Crippen LogP contribution in [0.1, 0.15) is 44.0 Å². The third-order valence-electron chi connectivity index (χ3n) is 4.85. The van der Waals surface area contributed by atoms with Crippen molar-refractivity contribution in [3.8, 4) is 0 Å². The molecule has 5 nitrogen and oxygen atoms in total. The normalized spacial score (nSPS) is 24.4. The van der Waals surface area contributed by atoms with Crippen molar-refractivity contribution in [3.63, 3.8) is 0 Å². The molecule has 2 heterocycles. The van der Waals surface area contributed by atoms with E-state index in [0.29, 0.717) is 18.4 Å². The summed E-state index contributed by atoms with van der Waals surface area (Å²) in [5.41, 5.74) is 2.50. The molecule has 0 aromatic carbocycles. The van der Waals surface area contributed by atoms with Gasteiger partial charge in [0.25, 0.3) is 0 Å². The smallest absolute Gasteiger partial charge is 0.237 e. The van der Waals surface area contributed by atoms with Gasteiger partial charge in [-0.2, -0.15) is 0 Å². The van der Waals surface area contributed by atoms with E-state index in [1.807, 2.05) is 0 Å². The molecule has 1 amide bonds. The number of nitrogens with one attached hydrogen (secondary N) is 3. The van der Waals surface area contributed by atoms with Crippen LogP contribution in [-0.4, -0.2) is 28.5 Å². The van der Waals surface area contributed by atoms with Crippen molar-refractivity contribution in [1.82, 2.24) is 20.6 Å². The molecule has 2 aliphatic rings. The van der Waals surface area contributed by atoms with Crippen LogP contribution < -0.4 is 10.6 Å². The summed E-state index contributed by atoms with van der Waals surface area (Å²) in [7, 11) is 0. The van der Waals surface area contributed by atoms with Crippen molar-refractivity contribution >= 4 is 5.91 Å². The molecule has 0 bridgehead atoms. The molecule has 1 aromatic heterocycles. The van der Waals surface area contributed by atoms with E-state index in [-0.39, 0.29) is 11.9 Å². The molecule has 3 rings (SSSR count). The van der Waals surface area contributed by atoms with E-state index >= 15 is 0 Å². The van der Waals surface area contributed by atoms with Gasteiger partial charge in [0.15, 0.2) is 0 Å². The van der Waals surface area contributed by atoms with Crippen LogP contribution in [0.2, 0.25) is 0 Å². The number of rotatable bonds is 4. The van der Waals surface area contributed by atoms with E-state index in [1.54, 1.807) is 6.33 Å². The van der Waals surface area contributed by atoms with Crippen molar-refractivity contribution in [2.75, 3.05) is 6.54 Å². The van der Waals surface area contributed by atoms with Crippen molar-refractivity contribution in [2.24, 2.45) is 5.41 Å². The minimum atomic E-state index is -0.134. The molecule has 0 saturated heterocycles. The van der Waals surface area contributed by atoms with Gasteiger partial charge in [-0.3, -0.25) is 10.1 Å². The summed E-state index contributed by atoms with van der Waals surface area (Å²) < 4.78 is 0. The number of amides is 1. The first kappa shape index (κ1) is 12.7. The summed E-state index contributed by atoms with van der Waals surface area (Å²) in [5.74, 6) is 0.119. The number of carbonyl (C=O) groups excluding carboxylic acids is 1. The van der Waals surface area contributed by atoms with Crippen LogP contribution in [0, 0.1) is 5.41 Å². The highest BCUT2D eigenvalue weighted by Gasteiger charge is 2.36. The molecule has 1 aliphatic carbocycles. The lowest BCUT2D eigenvalue weighted by Gasteiger charge is -2.41. The van der Waals surface area contributed by atoms with Crippen LogP contribution in [0.5, 0.6) is 0 Å². The Morgan fingerprint density at radius 2 is 2.42 bits per heavy atom. The highest BCUT2D eigenvalue weighted by atomic mass is 16.2. The summed E-state index contributed by atoms with van der Waals surface area (Å²) in [4.78, 5) is 19.6. The summed E-state index contributed by atoms with van der Waals surface area (Å²) in [6.45, 7) is 3.75. The first-order valence-electron chi connectivity index (χ1n) is 7.25. The quantitative estimate of drug-likeness (QED) is 0.761. The van der Waals surface area contributed by atoms with Gasteiger partial charge in [-0.05, 0) is 24.7 Å². The largest absolute Gasteiger partial charge is 0.354 e. The zero-order valence-corrected chi connectivity index (χ0v) is 11.5. The Kier molecular flexibility index (Phi) is 3.31. The number of aromatic amines is 1. The fourth-order valence-electron chi connectivity index (χ4n) is 3.08. The van der Waals surface area contributed by atoms with Gasteiger partial charge in [-0.1, -0.05) is 13.3 Å². The van der Waals surface area contributed by atoms with E-state index < -0.39 is 0 Å². The van der Waals surface area contributed by atoms with Crippen LogP contribution in [0.4, 0.5) is 0 Å². The Labute approximate surface area is 113 Å². The van der Waals surface area contributed by atoms with Gasteiger partial charge in [-0.15, -0.1) is 0 Å². The molecule has 1 aromatic rings. The number of H-pyrrole nitrogens is 1. The Morgan fingerprint density at radius 3 is 3.11 bits per heavy atom. The topological polar surface area (TPSA) is 69.8 Å². The molecule has 0 radical (unpaired) electrons. The fourth-order valence-corrected chi connectivity index (χ4v) is 3.08. The molecule has 1 saturated carbocycles. The lowest BCUT2D eigenvalue weighted by atomic mass is 9.67. The first-order chi connectivity index (χ1) is 9.22. The highest BCUT2D eigenvalue weighted by molar-refractivity contribution is 5.82.